The van der Waals surface area contributed by atoms with Crippen LogP contribution in [0.15, 0.2) is 6.07 Å². The van der Waals surface area contributed by atoms with E-state index < -0.39 is 0 Å². The number of carbonyl (C=O) groups is 1. The number of aliphatic hydroxyl groups is 1. The lowest BCUT2D eigenvalue weighted by atomic mass is 10.0. The Bertz CT molecular complexity index is 404. The van der Waals surface area contributed by atoms with Crippen molar-refractivity contribution in [3.63, 3.8) is 0 Å². The molecule has 4 nitrogen and oxygen atoms in total. The molecule has 0 unspecified atom stereocenters. The second-order valence-corrected chi connectivity index (χ2v) is 3.84. The highest BCUT2D eigenvalue weighted by Crippen LogP contribution is 2.39. The first-order valence-electron chi connectivity index (χ1n) is 5.19. The lowest BCUT2D eigenvalue weighted by Gasteiger charge is -2.15. The third kappa shape index (κ3) is 2.90. The maximum Gasteiger partial charge on any atom is 0.171 e. The molecule has 0 aliphatic carbocycles. The summed E-state index contributed by atoms with van der Waals surface area (Å²) < 4.78 is 10.4. The topological polar surface area (TPSA) is 55.8 Å². The normalized spacial score (nSPS) is 10.1. The largest absolute Gasteiger partial charge is 0.492 e. The van der Waals surface area contributed by atoms with Crippen molar-refractivity contribution in [1.29, 1.82) is 0 Å². The lowest BCUT2D eigenvalue weighted by molar-refractivity contribution is 0.112. The van der Waals surface area contributed by atoms with Gasteiger partial charge in [0.15, 0.2) is 17.8 Å². The van der Waals surface area contributed by atoms with Crippen LogP contribution in [0, 0.1) is 0 Å². The molecule has 1 aromatic carbocycles. The van der Waals surface area contributed by atoms with Crippen LogP contribution in [0.5, 0.6) is 11.5 Å². The molecule has 1 N–H and O–H groups in total. The molecule has 1 rings (SSSR count). The van der Waals surface area contributed by atoms with E-state index in [0.29, 0.717) is 41.2 Å². The summed E-state index contributed by atoms with van der Waals surface area (Å²) in [6, 6.07) is 1.54. The molecule has 0 heterocycles. The third-order valence-corrected chi connectivity index (χ3v) is 2.77. The molecule has 0 spiro atoms. The first-order chi connectivity index (χ1) is 8.19. The Hall–Kier alpha value is -1.26. The zero-order chi connectivity index (χ0) is 12.8. The summed E-state index contributed by atoms with van der Waals surface area (Å²) in [6.45, 7) is 0.0667. The van der Waals surface area contributed by atoms with Gasteiger partial charge in [-0.1, -0.05) is 11.6 Å². The van der Waals surface area contributed by atoms with Crippen molar-refractivity contribution in [2.75, 3.05) is 20.8 Å². The number of halogens is 1. The second-order valence-electron chi connectivity index (χ2n) is 3.44. The number of benzene rings is 1. The molecule has 1 aromatic rings. The minimum atomic E-state index is 0.0667. The summed E-state index contributed by atoms with van der Waals surface area (Å²) in [5.74, 6) is 0.829. The van der Waals surface area contributed by atoms with Crippen LogP contribution in [0.25, 0.3) is 0 Å². The first kappa shape index (κ1) is 13.8. The van der Waals surface area contributed by atoms with Gasteiger partial charge in [-0.2, -0.15) is 0 Å². The van der Waals surface area contributed by atoms with Gasteiger partial charge >= 0.3 is 0 Å². The van der Waals surface area contributed by atoms with Gasteiger partial charge in [0.2, 0.25) is 0 Å². The van der Waals surface area contributed by atoms with Crippen molar-refractivity contribution in [3.8, 4) is 11.5 Å². The molecule has 0 fully saturated rings. The number of methoxy groups -OCH3 is 2. The van der Waals surface area contributed by atoms with Gasteiger partial charge in [0, 0.05) is 17.2 Å². The number of hydrogen-bond acceptors (Lipinski definition) is 4. The zero-order valence-corrected chi connectivity index (χ0v) is 10.6. The van der Waals surface area contributed by atoms with Gasteiger partial charge in [-0.25, -0.2) is 0 Å². The molecular weight excluding hydrogens is 244 g/mol. The monoisotopic (exact) mass is 258 g/mol. The third-order valence-electron chi connectivity index (χ3n) is 2.43. The summed E-state index contributed by atoms with van der Waals surface area (Å²) in [6.07, 6.45) is 1.80. The molecular formula is C12H15ClO4. The minimum Gasteiger partial charge on any atom is -0.492 e. The average molecular weight is 259 g/mol. The Balaban J connectivity index is 3.32. The highest BCUT2D eigenvalue weighted by molar-refractivity contribution is 6.32. The number of rotatable bonds is 6. The van der Waals surface area contributed by atoms with Crippen molar-refractivity contribution in [1.82, 2.24) is 0 Å². The Morgan fingerprint density at radius 3 is 2.47 bits per heavy atom. The lowest BCUT2D eigenvalue weighted by Crippen LogP contribution is -2.01. The molecule has 94 valence electrons. The van der Waals surface area contributed by atoms with Crippen LogP contribution in [0.2, 0.25) is 5.02 Å². The Morgan fingerprint density at radius 1 is 1.35 bits per heavy atom. The molecule has 0 amide bonds. The van der Waals surface area contributed by atoms with Crippen molar-refractivity contribution in [3.05, 3.63) is 22.2 Å². The Morgan fingerprint density at radius 2 is 2.00 bits per heavy atom. The van der Waals surface area contributed by atoms with Gasteiger partial charge in [0.1, 0.15) is 0 Å². The molecule has 5 heteroatoms. The number of carbonyl (C=O) groups excluding carboxylic acids is 1. The fourth-order valence-electron chi connectivity index (χ4n) is 1.67. The predicted octanol–water partition coefficient (Wildman–Crippen LogP) is 2.09. The first-order valence-corrected chi connectivity index (χ1v) is 5.56. The van der Waals surface area contributed by atoms with Crippen LogP contribution in [0.1, 0.15) is 22.3 Å². The smallest absolute Gasteiger partial charge is 0.171 e. The van der Waals surface area contributed by atoms with Gasteiger partial charge in [-0.3, -0.25) is 4.79 Å². The van der Waals surface area contributed by atoms with E-state index in [0.717, 1.165) is 5.56 Å². The van der Waals surface area contributed by atoms with E-state index in [9.17, 15) is 4.79 Å². The molecule has 0 atom stereocenters. The van der Waals surface area contributed by atoms with Crippen molar-refractivity contribution in [2.45, 2.75) is 12.8 Å². The Labute approximate surface area is 105 Å². The van der Waals surface area contributed by atoms with E-state index in [1.165, 1.54) is 14.2 Å². The summed E-state index contributed by atoms with van der Waals surface area (Å²) in [7, 11) is 2.96. The minimum absolute atomic E-state index is 0.0667. The molecule has 0 saturated carbocycles. The maximum atomic E-state index is 10.9. The van der Waals surface area contributed by atoms with E-state index in [-0.39, 0.29) is 6.61 Å². The highest BCUT2D eigenvalue weighted by Gasteiger charge is 2.18. The maximum absolute atomic E-state index is 10.9. The van der Waals surface area contributed by atoms with Crippen molar-refractivity contribution >= 4 is 17.9 Å². The summed E-state index contributed by atoms with van der Waals surface area (Å²) in [4.78, 5) is 10.9. The average Bonchev–Trinajstić information content (AvgIpc) is 2.35. The van der Waals surface area contributed by atoms with Gasteiger partial charge in [0.05, 0.1) is 19.8 Å². The van der Waals surface area contributed by atoms with Crippen molar-refractivity contribution < 1.29 is 19.4 Å². The standard InChI is InChI=1S/C12H15ClO4/c1-16-11-8(7-15)6-10(13)9(4-3-5-14)12(11)17-2/h6-7,14H,3-5H2,1-2H3. The van der Waals surface area contributed by atoms with E-state index in [4.69, 9.17) is 26.2 Å². The fourth-order valence-corrected chi connectivity index (χ4v) is 1.97. The molecule has 0 aliphatic rings. The van der Waals surface area contributed by atoms with E-state index in [1.807, 2.05) is 0 Å². The van der Waals surface area contributed by atoms with Crippen LogP contribution in [0.4, 0.5) is 0 Å². The van der Waals surface area contributed by atoms with Crippen LogP contribution >= 0.6 is 11.6 Å². The van der Waals surface area contributed by atoms with Gasteiger partial charge < -0.3 is 14.6 Å². The summed E-state index contributed by atoms with van der Waals surface area (Å²) in [5.41, 5.74) is 1.09. The van der Waals surface area contributed by atoms with E-state index in [1.54, 1.807) is 6.07 Å². The number of aliphatic hydroxyl groups excluding tert-OH is 1. The summed E-state index contributed by atoms with van der Waals surface area (Å²) >= 11 is 6.08. The molecule has 17 heavy (non-hydrogen) atoms. The molecule has 0 bridgehead atoms. The predicted molar refractivity (Wildman–Crippen MR) is 65.4 cm³/mol. The SMILES string of the molecule is COc1c(C=O)cc(Cl)c(CCCO)c1OC. The quantitative estimate of drug-likeness (QED) is 0.794. The molecule has 0 radical (unpaired) electrons. The molecule has 0 saturated heterocycles. The van der Waals surface area contributed by atoms with Crippen LogP contribution < -0.4 is 9.47 Å². The van der Waals surface area contributed by atoms with Crippen LogP contribution in [0.3, 0.4) is 0 Å². The Kier molecular flexibility index (Phi) is 5.25. The van der Waals surface area contributed by atoms with Gasteiger partial charge in [-0.05, 0) is 18.9 Å². The van der Waals surface area contributed by atoms with Gasteiger partial charge in [-0.15, -0.1) is 0 Å². The van der Waals surface area contributed by atoms with Crippen LogP contribution in [-0.2, 0) is 6.42 Å². The molecule has 0 aliphatic heterocycles. The van der Waals surface area contributed by atoms with E-state index >= 15 is 0 Å². The summed E-state index contributed by atoms with van der Waals surface area (Å²) in [5, 5.41) is 9.28. The highest BCUT2D eigenvalue weighted by atomic mass is 35.5. The van der Waals surface area contributed by atoms with Crippen molar-refractivity contribution in [2.24, 2.45) is 0 Å². The van der Waals surface area contributed by atoms with Crippen LogP contribution in [-0.4, -0.2) is 32.2 Å². The number of ether oxygens (including phenoxy) is 2. The zero-order valence-electron chi connectivity index (χ0n) is 9.83. The van der Waals surface area contributed by atoms with E-state index in [2.05, 4.69) is 0 Å². The number of aldehydes is 1. The fraction of sp³-hybridized carbons (Fsp3) is 0.417. The molecule has 0 aromatic heterocycles. The van der Waals surface area contributed by atoms with Gasteiger partial charge in [0.25, 0.3) is 0 Å². The second kappa shape index (κ2) is 6.47. The number of hydrogen-bond donors (Lipinski definition) is 1.